The number of esters is 1. The number of nitrogens with zero attached hydrogens (tertiary/aromatic N) is 4. The number of fused-ring (bicyclic) bond motifs is 1. The summed E-state index contributed by atoms with van der Waals surface area (Å²) in [5.74, 6) is -0.0115. The van der Waals surface area contributed by atoms with Crippen LogP contribution in [0.25, 0.3) is 5.78 Å². The molecule has 3 rings (SSSR count). The lowest BCUT2D eigenvalue weighted by Crippen LogP contribution is -2.38. The molecule has 0 spiro atoms. The van der Waals surface area contributed by atoms with E-state index in [2.05, 4.69) is 15.1 Å². The van der Waals surface area contributed by atoms with Crippen LogP contribution in [-0.2, 0) is 9.53 Å². The van der Waals surface area contributed by atoms with Crippen molar-refractivity contribution in [3.63, 3.8) is 0 Å². The van der Waals surface area contributed by atoms with E-state index < -0.39 is 11.6 Å². The number of hydrogen-bond donors (Lipinski definition) is 1. The van der Waals surface area contributed by atoms with E-state index in [1.54, 1.807) is 4.52 Å². The molecule has 0 fully saturated rings. The molecule has 0 saturated carbocycles. The van der Waals surface area contributed by atoms with Gasteiger partial charge in [0.2, 0.25) is 5.16 Å². The first-order chi connectivity index (χ1) is 11.4. The number of aromatic nitrogens is 4. The Hall–Kier alpha value is -2.09. The Bertz CT molecular complexity index is 839. The Labute approximate surface area is 144 Å². The topological polar surface area (TPSA) is 89.6 Å². The highest BCUT2D eigenvalue weighted by molar-refractivity contribution is 8.03. The van der Waals surface area contributed by atoms with Crippen molar-refractivity contribution in [2.75, 3.05) is 0 Å². The summed E-state index contributed by atoms with van der Waals surface area (Å²) in [6, 6.07) is 1.90. The molecular weight excluding hydrogens is 328 g/mol. The minimum atomic E-state index is -0.618. The van der Waals surface area contributed by atoms with Gasteiger partial charge in [0.25, 0.3) is 5.78 Å². The third kappa shape index (κ3) is 2.86. The summed E-state index contributed by atoms with van der Waals surface area (Å²) in [7, 11) is 0. The summed E-state index contributed by atoms with van der Waals surface area (Å²) < 4.78 is 7.20. The molecule has 0 atom stereocenters. The maximum Gasteiger partial charge on any atom is 0.349 e. The van der Waals surface area contributed by atoms with Gasteiger partial charge >= 0.3 is 5.97 Å². The van der Waals surface area contributed by atoms with Gasteiger partial charge in [-0.05, 0) is 44.5 Å². The molecule has 2 aromatic rings. The van der Waals surface area contributed by atoms with Gasteiger partial charge in [0.1, 0.15) is 16.3 Å². The number of carbonyl (C=O) groups excluding carboxylic acids is 1. The van der Waals surface area contributed by atoms with Crippen LogP contribution in [0.15, 0.2) is 21.9 Å². The molecule has 128 valence electrons. The van der Waals surface area contributed by atoms with Crippen LogP contribution < -0.4 is 0 Å². The zero-order chi connectivity index (χ0) is 17.5. The molecule has 0 bridgehead atoms. The van der Waals surface area contributed by atoms with Crippen LogP contribution in [0, 0.1) is 13.8 Å². The molecule has 0 radical (unpaired) electrons. The number of hydrogen-bond acceptors (Lipinski definition) is 7. The van der Waals surface area contributed by atoms with Gasteiger partial charge in [0.05, 0.1) is 0 Å². The van der Waals surface area contributed by atoms with Gasteiger partial charge in [-0.1, -0.05) is 13.8 Å². The highest BCUT2D eigenvalue weighted by Gasteiger charge is 2.40. The summed E-state index contributed by atoms with van der Waals surface area (Å²) in [6.07, 6.45) is 1.64. The zero-order valence-electron chi connectivity index (χ0n) is 14.2. The molecule has 0 aromatic carbocycles. The number of cyclic esters (lactones) is 1. The number of thioether (sulfide) groups is 1. The van der Waals surface area contributed by atoms with Crippen molar-refractivity contribution in [3.05, 3.63) is 28.1 Å². The van der Waals surface area contributed by atoms with E-state index in [4.69, 9.17) is 4.74 Å². The van der Waals surface area contributed by atoms with Crippen molar-refractivity contribution in [3.8, 4) is 0 Å². The molecule has 1 aliphatic rings. The van der Waals surface area contributed by atoms with Gasteiger partial charge < -0.3 is 9.84 Å². The Kier molecular flexibility index (Phi) is 4.25. The van der Waals surface area contributed by atoms with Crippen LogP contribution in [0.2, 0.25) is 0 Å². The number of aliphatic hydroxyl groups excluding tert-OH is 1. The van der Waals surface area contributed by atoms with Gasteiger partial charge in [-0.25, -0.2) is 14.3 Å². The standard InChI is InChI=1S/C16H20N4O3S/c1-5-16(6-2)8-11(21)12(13(22)23-16)24-15-18-14-17-9(3)7-10(4)20(14)19-15/h7,21H,5-6,8H2,1-4H3. The number of rotatable bonds is 4. The van der Waals surface area contributed by atoms with Crippen molar-refractivity contribution in [1.29, 1.82) is 0 Å². The number of aryl methyl sites for hydroxylation is 2. The summed E-state index contributed by atoms with van der Waals surface area (Å²) in [5.41, 5.74) is 1.13. The van der Waals surface area contributed by atoms with E-state index in [9.17, 15) is 9.90 Å². The largest absolute Gasteiger partial charge is 0.511 e. The van der Waals surface area contributed by atoms with Gasteiger partial charge in [0.15, 0.2) is 0 Å². The predicted octanol–water partition coefficient (Wildman–Crippen LogP) is 3.11. The van der Waals surface area contributed by atoms with Crippen molar-refractivity contribution in [2.45, 2.75) is 57.7 Å². The molecule has 7 nitrogen and oxygen atoms in total. The Morgan fingerprint density at radius 3 is 2.67 bits per heavy atom. The summed E-state index contributed by atoms with van der Waals surface area (Å²) in [6.45, 7) is 7.69. The minimum absolute atomic E-state index is 0.0414. The van der Waals surface area contributed by atoms with E-state index >= 15 is 0 Å². The fourth-order valence-corrected chi connectivity index (χ4v) is 3.56. The van der Waals surface area contributed by atoms with Gasteiger partial charge in [-0.15, -0.1) is 5.10 Å². The average molecular weight is 348 g/mol. The minimum Gasteiger partial charge on any atom is -0.511 e. The Balaban J connectivity index is 1.93. The fourth-order valence-electron chi connectivity index (χ4n) is 2.81. The molecule has 0 saturated heterocycles. The first kappa shape index (κ1) is 16.8. The molecule has 1 aliphatic heterocycles. The molecule has 8 heteroatoms. The molecule has 0 amide bonds. The number of carbonyl (C=O) groups is 1. The van der Waals surface area contributed by atoms with Gasteiger partial charge in [0, 0.05) is 17.8 Å². The molecule has 24 heavy (non-hydrogen) atoms. The Morgan fingerprint density at radius 1 is 1.33 bits per heavy atom. The SMILES string of the molecule is CCC1(CC)CC(O)=C(Sc2nc3nc(C)cc(C)n3n2)C(=O)O1. The second-order valence-electron chi connectivity index (χ2n) is 5.98. The third-order valence-electron chi connectivity index (χ3n) is 4.33. The van der Waals surface area contributed by atoms with Gasteiger partial charge in [-0.2, -0.15) is 4.98 Å². The average Bonchev–Trinajstić information content (AvgIpc) is 2.93. The van der Waals surface area contributed by atoms with Crippen LogP contribution >= 0.6 is 11.8 Å². The fraction of sp³-hybridized carbons (Fsp3) is 0.500. The maximum absolute atomic E-state index is 12.3. The van der Waals surface area contributed by atoms with Crippen molar-refractivity contribution in [2.24, 2.45) is 0 Å². The van der Waals surface area contributed by atoms with Crippen molar-refractivity contribution >= 4 is 23.5 Å². The first-order valence-electron chi connectivity index (χ1n) is 7.92. The van der Waals surface area contributed by atoms with E-state index in [1.165, 1.54) is 0 Å². The normalized spacial score (nSPS) is 17.4. The molecule has 0 aliphatic carbocycles. The molecular formula is C16H20N4O3S. The second-order valence-corrected chi connectivity index (χ2v) is 6.96. The first-order valence-corrected chi connectivity index (χ1v) is 8.73. The third-order valence-corrected chi connectivity index (χ3v) is 5.29. The lowest BCUT2D eigenvalue weighted by molar-refractivity contribution is -0.158. The van der Waals surface area contributed by atoms with Crippen LogP contribution in [0.1, 0.15) is 44.5 Å². The summed E-state index contributed by atoms with van der Waals surface area (Å²) in [5, 5.41) is 15.1. The van der Waals surface area contributed by atoms with E-state index in [1.807, 2.05) is 33.8 Å². The summed E-state index contributed by atoms with van der Waals surface area (Å²) in [4.78, 5) is 21.1. The quantitative estimate of drug-likeness (QED) is 0.849. The highest BCUT2D eigenvalue weighted by atomic mass is 32.2. The number of aliphatic hydroxyl groups is 1. The summed E-state index contributed by atoms with van der Waals surface area (Å²) >= 11 is 1.01. The molecule has 1 N–H and O–H groups in total. The lowest BCUT2D eigenvalue weighted by atomic mass is 9.90. The number of ether oxygens (including phenoxy) is 1. The predicted molar refractivity (Wildman–Crippen MR) is 89.8 cm³/mol. The molecule has 3 heterocycles. The second kappa shape index (κ2) is 6.08. The van der Waals surface area contributed by atoms with Crippen molar-refractivity contribution in [1.82, 2.24) is 19.6 Å². The van der Waals surface area contributed by atoms with Crippen LogP contribution in [0.3, 0.4) is 0 Å². The van der Waals surface area contributed by atoms with Crippen LogP contribution in [0.4, 0.5) is 0 Å². The zero-order valence-corrected chi connectivity index (χ0v) is 15.0. The lowest BCUT2D eigenvalue weighted by Gasteiger charge is -2.35. The Morgan fingerprint density at radius 2 is 2.04 bits per heavy atom. The highest BCUT2D eigenvalue weighted by Crippen LogP contribution is 2.39. The van der Waals surface area contributed by atoms with E-state index in [0.29, 0.717) is 30.2 Å². The smallest absolute Gasteiger partial charge is 0.349 e. The monoisotopic (exact) mass is 348 g/mol. The maximum atomic E-state index is 12.3. The van der Waals surface area contributed by atoms with Crippen molar-refractivity contribution < 1.29 is 14.6 Å². The van der Waals surface area contributed by atoms with Crippen LogP contribution in [-0.4, -0.2) is 36.3 Å². The molecule has 0 unspecified atom stereocenters. The van der Waals surface area contributed by atoms with Crippen LogP contribution in [0.5, 0.6) is 0 Å². The van der Waals surface area contributed by atoms with E-state index in [0.717, 1.165) is 23.1 Å². The van der Waals surface area contributed by atoms with E-state index in [-0.39, 0.29) is 10.7 Å². The van der Waals surface area contributed by atoms with Gasteiger partial charge in [-0.3, -0.25) is 0 Å². The molecule has 2 aromatic heterocycles.